The number of ether oxygens (including phenoxy) is 1. The van der Waals surface area contributed by atoms with E-state index < -0.39 is 0 Å². The van der Waals surface area contributed by atoms with Crippen LogP contribution in [-0.2, 0) is 9.59 Å². The number of benzene rings is 2. The van der Waals surface area contributed by atoms with E-state index >= 15 is 0 Å². The summed E-state index contributed by atoms with van der Waals surface area (Å²) < 4.78 is 5.90. The number of hydrogen-bond acceptors (Lipinski definition) is 6. The molecular formula is C31H27N5O3. The zero-order valence-corrected chi connectivity index (χ0v) is 21.3. The van der Waals surface area contributed by atoms with Crippen LogP contribution >= 0.6 is 0 Å². The molecule has 1 fully saturated rings. The summed E-state index contributed by atoms with van der Waals surface area (Å²) in [5.74, 6) is 2.68. The van der Waals surface area contributed by atoms with Crippen LogP contribution in [0.2, 0.25) is 0 Å². The van der Waals surface area contributed by atoms with Gasteiger partial charge in [0, 0.05) is 38.3 Å². The largest absolute Gasteiger partial charge is 0.457 e. The number of amides is 2. The van der Waals surface area contributed by atoms with Crippen molar-refractivity contribution in [3.63, 3.8) is 0 Å². The zero-order valence-electron chi connectivity index (χ0n) is 21.3. The fourth-order valence-electron chi connectivity index (χ4n) is 5.36. The number of likely N-dealkylation sites (tertiary alicyclic amines) is 1. The van der Waals surface area contributed by atoms with Crippen molar-refractivity contribution in [3.05, 3.63) is 89.6 Å². The summed E-state index contributed by atoms with van der Waals surface area (Å²) in [6, 6.07) is 19.1. The van der Waals surface area contributed by atoms with Gasteiger partial charge in [0.1, 0.15) is 11.5 Å². The SMILES string of the molecule is N#Cc1ccc(Oc2ccc(C3=C[C@H]4CN(C(=O)/C=C/c5cnc6c(c5)NCCC(=O)N6)C[C@H]4C3)cc2)cc1. The van der Waals surface area contributed by atoms with Gasteiger partial charge in [-0.2, -0.15) is 5.26 Å². The molecule has 6 rings (SSSR count). The monoisotopic (exact) mass is 517 g/mol. The van der Waals surface area contributed by atoms with Gasteiger partial charge in [-0.05, 0) is 83.5 Å². The molecule has 0 saturated carbocycles. The van der Waals surface area contributed by atoms with Crippen LogP contribution < -0.4 is 15.4 Å². The molecule has 2 aliphatic heterocycles. The quantitative estimate of drug-likeness (QED) is 0.458. The molecule has 0 radical (unpaired) electrons. The number of fused-ring (bicyclic) bond motifs is 2. The number of nitrogens with one attached hydrogen (secondary N) is 2. The van der Waals surface area contributed by atoms with Crippen LogP contribution in [0.25, 0.3) is 11.6 Å². The van der Waals surface area contributed by atoms with E-state index in [2.05, 4.69) is 39.9 Å². The minimum Gasteiger partial charge on any atom is -0.457 e. The standard InChI is InChI=1S/C31H27N5O3/c32-16-20-1-6-26(7-2-20)39-27-8-4-22(5-9-27)23-14-24-18-36(19-25(24)15-23)30(38)10-3-21-13-28-31(34-17-21)35-29(37)11-12-33-28/h1-10,13-14,17,24-25,33H,11-12,15,18-19H2,(H,34,35,37)/b10-3+/t24-,25+/m0/s1. The molecular weight excluding hydrogens is 490 g/mol. The molecule has 0 unspecified atom stereocenters. The number of nitriles is 1. The van der Waals surface area contributed by atoms with Crippen molar-refractivity contribution in [1.29, 1.82) is 5.26 Å². The lowest BCUT2D eigenvalue weighted by atomic mass is 9.98. The molecule has 3 aromatic rings. The van der Waals surface area contributed by atoms with Gasteiger partial charge in [0.05, 0.1) is 17.3 Å². The van der Waals surface area contributed by atoms with Crippen LogP contribution in [0.4, 0.5) is 11.5 Å². The normalized spacial score (nSPS) is 19.8. The number of rotatable bonds is 5. The van der Waals surface area contributed by atoms with Gasteiger partial charge < -0.3 is 20.3 Å². The molecule has 2 amide bonds. The molecule has 3 heterocycles. The maximum atomic E-state index is 12.9. The Morgan fingerprint density at radius 1 is 1.10 bits per heavy atom. The number of carbonyl (C=O) groups excluding carboxylic acids is 2. The lowest BCUT2D eigenvalue weighted by Gasteiger charge is -2.15. The minimum atomic E-state index is -0.0604. The van der Waals surface area contributed by atoms with Crippen LogP contribution in [0.1, 0.15) is 29.5 Å². The molecule has 2 aromatic carbocycles. The first-order valence-electron chi connectivity index (χ1n) is 13.0. The third-order valence-electron chi connectivity index (χ3n) is 7.40. The van der Waals surface area contributed by atoms with Crippen molar-refractivity contribution in [3.8, 4) is 17.6 Å². The molecule has 8 nitrogen and oxygen atoms in total. The summed E-state index contributed by atoms with van der Waals surface area (Å²) in [6.45, 7) is 2.01. The number of pyridine rings is 1. The van der Waals surface area contributed by atoms with Crippen LogP contribution in [0.3, 0.4) is 0 Å². The van der Waals surface area contributed by atoms with E-state index in [1.165, 1.54) is 11.1 Å². The highest BCUT2D eigenvalue weighted by atomic mass is 16.5. The molecule has 8 heteroatoms. The second kappa shape index (κ2) is 10.5. The van der Waals surface area contributed by atoms with Crippen LogP contribution in [0.5, 0.6) is 11.5 Å². The third-order valence-corrected chi connectivity index (χ3v) is 7.40. The number of carbonyl (C=O) groups is 2. The fraction of sp³-hybridized carbons (Fsp3) is 0.226. The maximum absolute atomic E-state index is 12.9. The van der Waals surface area contributed by atoms with Gasteiger partial charge in [-0.25, -0.2) is 4.98 Å². The molecule has 1 aliphatic carbocycles. The van der Waals surface area contributed by atoms with Crippen molar-refractivity contribution < 1.29 is 14.3 Å². The Labute approximate surface area is 226 Å². The van der Waals surface area contributed by atoms with Crippen LogP contribution in [0.15, 0.2) is 72.9 Å². The Hall–Kier alpha value is -4.90. The Kier molecular flexibility index (Phi) is 6.55. The van der Waals surface area contributed by atoms with Gasteiger partial charge >= 0.3 is 0 Å². The Morgan fingerprint density at radius 3 is 2.62 bits per heavy atom. The predicted molar refractivity (Wildman–Crippen MR) is 149 cm³/mol. The molecule has 0 spiro atoms. The summed E-state index contributed by atoms with van der Waals surface area (Å²) in [5, 5.41) is 14.9. The molecule has 0 bridgehead atoms. The topological polar surface area (TPSA) is 107 Å². The minimum absolute atomic E-state index is 0.000130. The van der Waals surface area contributed by atoms with Crippen molar-refractivity contribution in [2.24, 2.45) is 11.8 Å². The lowest BCUT2D eigenvalue weighted by Crippen LogP contribution is -2.27. The van der Waals surface area contributed by atoms with Gasteiger partial charge in [0.25, 0.3) is 0 Å². The second-order valence-electron chi connectivity index (χ2n) is 10.0. The highest BCUT2D eigenvalue weighted by molar-refractivity contribution is 5.95. The van der Waals surface area contributed by atoms with E-state index in [1.807, 2.05) is 23.1 Å². The Bertz CT molecular complexity index is 1520. The summed E-state index contributed by atoms with van der Waals surface area (Å²) in [5.41, 5.74) is 4.66. The van der Waals surface area contributed by atoms with Gasteiger partial charge in [0.2, 0.25) is 11.8 Å². The van der Waals surface area contributed by atoms with Crippen molar-refractivity contribution in [2.45, 2.75) is 12.8 Å². The van der Waals surface area contributed by atoms with E-state index in [1.54, 1.807) is 42.6 Å². The molecule has 2 N–H and O–H groups in total. The predicted octanol–water partition coefficient (Wildman–Crippen LogP) is 5.07. The van der Waals surface area contributed by atoms with Crippen molar-refractivity contribution >= 4 is 35.0 Å². The van der Waals surface area contributed by atoms with Gasteiger partial charge in [-0.15, -0.1) is 0 Å². The van der Waals surface area contributed by atoms with Gasteiger partial charge in [0.15, 0.2) is 5.82 Å². The summed E-state index contributed by atoms with van der Waals surface area (Å²) in [7, 11) is 0. The zero-order chi connectivity index (χ0) is 26.8. The van der Waals surface area contributed by atoms with E-state index in [-0.39, 0.29) is 11.8 Å². The number of allylic oxidation sites excluding steroid dienone is 1. The summed E-state index contributed by atoms with van der Waals surface area (Å²) in [4.78, 5) is 30.8. The molecule has 39 heavy (non-hydrogen) atoms. The van der Waals surface area contributed by atoms with Crippen molar-refractivity contribution in [2.75, 3.05) is 30.3 Å². The van der Waals surface area contributed by atoms with Crippen LogP contribution in [-0.4, -0.2) is 41.3 Å². The van der Waals surface area contributed by atoms with Crippen molar-refractivity contribution in [1.82, 2.24) is 9.88 Å². The molecule has 2 atom stereocenters. The summed E-state index contributed by atoms with van der Waals surface area (Å²) >= 11 is 0. The second-order valence-corrected chi connectivity index (χ2v) is 10.0. The molecule has 194 valence electrons. The molecule has 1 saturated heterocycles. The number of aromatic nitrogens is 1. The first kappa shape index (κ1) is 24.4. The van der Waals surface area contributed by atoms with E-state index in [0.717, 1.165) is 30.0 Å². The average Bonchev–Trinajstić information content (AvgIpc) is 3.48. The Balaban J connectivity index is 1.05. The number of nitrogens with zero attached hydrogens (tertiary/aromatic N) is 3. The molecule has 1 aromatic heterocycles. The van der Waals surface area contributed by atoms with Gasteiger partial charge in [-0.1, -0.05) is 18.2 Å². The smallest absolute Gasteiger partial charge is 0.246 e. The maximum Gasteiger partial charge on any atom is 0.246 e. The Morgan fingerprint density at radius 2 is 1.87 bits per heavy atom. The average molecular weight is 518 g/mol. The highest BCUT2D eigenvalue weighted by Crippen LogP contribution is 2.41. The first-order valence-corrected chi connectivity index (χ1v) is 13.0. The highest BCUT2D eigenvalue weighted by Gasteiger charge is 2.37. The first-order chi connectivity index (χ1) is 19.0. The number of anilines is 2. The van der Waals surface area contributed by atoms with E-state index in [9.17, 15) is 9.59 Å². The van der Waals surface area contributed by atoms with Gasteiger partial charge in [-0.3, -0.25) is 9.59 Å². The van der Waals surface area contributed by atoms with E-state index in [4.69, 9.17) is 10.00 Å². The number of hydrogen-bond donors (Lipinski definition) is 2. The summed E-state index contributed by atoms with van der Waals surface area (Å²) in [6.07, 6.45) is 8.70. The lowest BCUT2D eigenvalue weighted by molar-refractivity contribution is -0.125. The van der Waals surface area contributed by atoms with E-state index in [0.29, 0.717) is 48.5 Å². The third kappa shape index (κ3) is 5.39. The fourth-order valence-corrected chi connectivity index (χ4v) is 5.36. The molecule has 3 aliphatic rings. The van der Waals surface area contributed by atoms with Crippen LogP contribution in [0, 0.1) is 23.2 Å².